The summed E-state index contributed by atoms with van der Waals surface area (Å²) in [4.78, 5) is 24.3. The van der Waals surface area contributed by atoms with Gasteiger partial charge in [-0.3, -0.25) is 4.79 Å². The SMILES string of the molecule is O=C(Cc1ccccc1)Oc1ccccc1OC(=O)c1cccc(F)c1. The van der Waals surface area contributed by atoms with E-state index in [1.54, 1.807) is 12.1 Å². The van der Waals surface area contributed by atoms with Crippen LogP contribution in [0.2, 0.25) is 0 Å². The van der Waals surface area contributed by atoms with Crippen LogP contribution < -0.4 is 9.47 Å². The molecular weight excluding hydrogens is 335 g/mol. The van der Waals surface area contributed by atoms with Crippen molar-refractivity contribution in [1.29, 1.82) is 0 Å². The van der Waals surface area contributed by atoms with Gasteiger partial charge in [-0.05, 0) is 35.9 Å². The van der Waals surface area contributed by atoms with Crippen LogP contribution >= 0.6 is 0 Å². The van der Waals surface area contributed by atoms with Gasteiger partial charge in [0.2, 0.25) is 0 Å². The first-order chi connectivity index (χ1) is 12.6. The summed E-state index contributed by atoms with van der Waals surface area (Å²) in [7, 11) is 0. The number of hydrogen-bond acceptors (Lipinski definition) is 4. The molecule has 0 spiro atoms. The lowest BCUT2D eigenvalue weighted by molar-refractivity contribution is -0.133. The lowest BCUT2D eigenvalue weighted by Gasteiger charge is -2.10. The second-order valence-corrected chi connectivity index (χ2v) is 5.48. The molecule has 0 fully saturated rings. The fourth-order valence-electron chi connectivity index (χ4n) is 2.31. The first-order valence-corrected chi connectivity index (χ1v) is 7.93. The van der Waals surface area contributed by atoms with Crippen molar-refractivity contribution in [3.63, 3.8) is 0 Å². The third-order valence-corrected chi connectivity index (χ3v) is 3.53. The van der Waals surface area contributed by atoms with Crippen molar-refractivity contribution < 1.29 is 23.5 Å². The molecule has 0 radical (unpaired) electrons. The monoisotopic (exact) mass is 350 g/mol. The molecule has 0 aliphatic heterocycles. The van der Waals surface area contributed by atoms with Gasteiger partial charge in [-0.2, -0.15) is 0 Å². The first kappa shape index (κ1) is 17.4. The van der Waals surface area contributed by atoms with Gasteiger partial charge in [0, 0.05) is 0 Å². The molecule has 130 valence electrons. The van der Waals surface area contributed by atoms with Crippen LogP contribution in [0.1, 0.15) is 15.9 Å². The van der Waals surface area contributed by atoms with Crippen molar-refractivity contribution in [3.05, 3.63) is 95.8 Å². The molecule has 0 bridgehead atoms. The molecule has 0 amide bonds. The Morgan fingerprint density at radius 3 is 2.12 bits per heavy atom. The summed E-state index contributed by atoms with van der Waals surface area (Å²) >= 11 is 0. The van der Waals surface area contributed by atoms with Crippen molar-refractivity contribution in [2.45, 2.75) is 6.42 Å². The molecule has 0 saturated carbocycles. The lowest BCUT2D eigenvalue weighted by Crippen LogP contribution is -2.14. The minimum atomic E-state index is -0.740. The number of benzene rings is 3. The summed E-state index contributed by atoms with van der Waals surface area (Å²) in [6.45, 7) is 0. The Morgan fingerprint density at radius 2 is 1.42 bits per heavy atom. The Morgan fingerprint density at radius 1 is 0.769 bits per heavy atom. The Kier molecular flexibility index (Phi) is 5.39. The van der Waals surface area contributed by atoms with E-state index in [1.807, 2.05) is 30.3 Å². The molecule has 5 heteroatoms. The van der Waals surface area contributed by atoms with E-state index in [4.69, 9.17) is 9.47 Å². The standard InChI is InChI=1S/C21H15FO4/c22-17-10-6-9-16(14-17)21(24)26-19-12-5-4-11-18(19)25-20(23)13-15-7-2-1-3-8-15/h1-12,14H,13H2. The van der Waals surface area contributed by atoms with E-state index in [0.717, 1.165) is 11.6 Å². The predicted molar refractivity (Wildman–Crippen MR) is 93.6 cm³/mol. The third kappa shape index (κ3) is 4.54. The second kappa shape index (κ2) is 8.07. The highest BCUT2D eigenvalue weighted by molar-refractivity contribution is 5.91. The molecule has 3 aromatic rings. The van der Waals surface area contributed by atoms with Crippen LogP contribution in [0.15, 0.2) is 78.9 Å². The fraction of sp³-hybridized carbons (Fsp3) is 0.0476. The normalized spacial score (nSPS) is 10.2. The summed E-state index contributed by atoms with van der Waals surface area (Å²) in [6.07, 6.45) is 0.0903. The number of hydrogen-bond donors (Lipinski definition) is 0. The zero-order chi connectivity index (χ0) is 18.4. The van der Waals surface area contributed by atoms with Crippen LogP contribution in [0.25, 0.3) is 0 Å². The number of ether oxygens (including phenoxy) is 2. The average molecular weight is 350 g/mol. The number of halogens is 1. The molecule has 3 rings (SSSR count). The van der Waals surface area contributed by atoms with Crippen LogP contribution in [-0.2, 0) is 11.2 Å². The average Bonchev–Trinajstić information content (AvgIpc) is 2.64. The van der Waals surface area contributed by atoms with E-state index in [-0.39, 0.29) is 23.5 Å². The van der Waals surface area contributed by atoms with Gasteiger partial charge in [0.05, 0.1) is 12.0 Å². The summed E-state index contributed by atoms with van der Waals surface area (Å²) in [5.41, 5.74) is 0.877. The molecule has 0 saturated heterocycles. The van der Waals surface area contributed by atoms with E-state index in [9.17, 15) is 14.0 Å². The predicted octanol–water partition coefficient (Wildman–Crippen LogP) is 4.19. The van der Waals surface area contributed by atoms with Gasteiger partial charge in [-0.1, -0.05) is 48.5 Å². The quantitative estimate of drug-likeness (QED) is 0.511. The van der Waals surface area contributed by atoms with Crippen molar-refractivity contribution in [1.82, 2.24) is 0 Å². The first-order valence-electron chi connectivity index (χ1n) is 7.93. The van der Waals surface area contributed by atoms with Crippen LogP contribution in [0.3, 0.4) is 0 Å². The Balaban J connectivity index is 1.71. The van der Waals surface area contributed by atoms with E-state index in [1.165, 1.54) is 30.3 Å². The van der Waals surface area contributed by atoms with Gasteiger partial charge in [0.15, 0.2) is 11.5 Å². The third-order valence-electron chi connectivity index (χ3n) is 3.53. The zero-order valence-corrected chi connectivity index (χ0v) is 13.7. The van der Waals surface area contributed by atoms with E-state index in [0.29, 0.717) is 0 Å². The largest absolute Gasteiger partial charge is 0.422 e. The van der Waals surface area contributed by atoms with Gasteiger partial charge in [-0.15, -0.1) is 0 Å². The maximum absolute atomic E-state index is 13.2. The van der Waals surface area contributed by atoms with Crippen molar-refractivity contribution in [3.8, 4) is 11.5 Å². The molecule has 0 aliphatic carbocycles. The van der Waals surface area contributed by atoms with Crippen molar-refractivity contribution in [2.75, 3.05) is 0 Å². The molecule has 0 aromatic heterocycles. The Bertz CT molecular complexity index is 922. The highest BCUT2D eigenvalue weighted by atomic mass is 19.1. The maximum Gasteiger partial charge on any atom is 0.343 e. The molecule has 4 nitrogen and oxygen atoms in total. The van der Waals surface area contributed by atoms with Gasteiger partial charge in [-0.25, -0.2) is 9.18 Å². The summed E-state index contributed by atoms with van der Waals surface area (Å²) < 4.78 is 23.8. The van der Waals surface area contributed by atoms with E-state index in [2.05, 4.69) is 0 Å². The van der Waals surface area contributed by atoms with E-state index >= 15 is 0 Å². The molecule has 0 atom stereocenters. The van der Waals surface area contributed by atoms with Crippen molar-refractivity contribution in [2.24, 2.45) is 0 Å². The smallest absolute Gasteiger partial charge is 0.343 e. The fourth-order valence-corrected chi connectivity index (χ4v) is 2.31. The van der Waals surface area contributed by atoms with Gasteiger partial charge in [0.1, 0.15) is 5.82 Å². The Hall–Kier alpha value is -3.47. The number of esters is 2. The highest BCUT2D eigenvalue weighted by Crippen LogP contribution is 2.27. The Labute approximate surface area is 149 Å². The van der Waals surface area contributed by atoms with Gasteiger partial charge in [0.25, 0.3) is 0 Å². The molecule has 0 unspecified atom stereocenters. The van der Waals surface area contributed by atoms with Crippen LogP contribution in [0.5, 0.6) is 11.5 Å². The maximum atomic E-state index is 13.2. The molecule has 0 heterocycles. The molecule has 0 N–H and O–H groups in total. The summed E-state index contributed by atoms with van der Waals surface area (Å²) in [5, 5.41) is 0. The number of para-hydroxylation sites is 2. The number of carbonyl (C=O) groups is 2. The zero-order valence-electron chi connectivity index (χ0n) is 13.7. The van der Waals surface area contributed by atoms with Crippen LogP contribution in [0.4, 0.5) is 4.39 Å². The number of carbonyl (C=O) groups excluding carboxylic acids is 2. The van der Waals surface area contributed by atoms with Gasteiger partial charge >= 0.3 is 11.9 Å². The number of rotatable bonds is 5. The van der Waals surface area contributed by atoms with Crippen LogP contribution in [-0.4, -0.2) is 11.9 Å². The minimum Gasteiger partial charge on any atom is -0.422 e. The second-order valence-electron chi connectivity index (χ2n) is 5.48. The topological polar surface area (TPSA) is 52.6 Å². The van der Waals surface area contributed by atoms with Crippen LogP contribution in [0, 0.1) is 5.82 Å². The molecular formula is C21H15FO4. The van der Waals surface area contributed by atoms with Crippen molar-refractivity contribution >= 4 is 11.9 Å². The summed E-state index contributed by atoms with van der Waals surface area (Å²) in [6, 6.07) is 20.6. The molecule has 26 heavy (non-hydrogen) atoms. The minimum absolute atomic E-state index is 0.0652. The molecule has 3 aromatic carbocycles. The summed E-state index contributed by atoms with van der Waals surface area (Å²) in [5.74, 6) is -1.55. The van der Waals surface area contributed by atoms with E-state index < -0.39 is 17.8 Å². The van der Waals surface area contributed by atoms with Gasteiger partial charge < -0.3 is 9.47 Å². The molecule has 0 aliphatic rings. The lowest BCUT2D eigenvalue weighted by atomic mass is 10.1. The highest BCUT2D eigenvalue weighted by Gasteiger charge is 2.15.